The Labute approximate surface area is 375 Å². The highest BCUT2D eigenvalue weighted by atomic mass is 15.0. The van der Waals surface area contributed by atoms with Crippen molar-refractivity contribution in [3.8, 4) is 84.9 Å². The van der Waals surface area contributed by atoms with Crippen molar-refractivity contribution < 1.29 is 0 Å². The number of para-hydroxylation sites is 1. The van der Waals surface area contributed by atoms with Gasteiger partial charge in [-0.2, -0.15) is 0 Å². The first kappa shape index (κ1) is 37.9. The van der Waals surface area contributed by atoms with Gasteiger partial charge in [0.25, 0.3) is 0 Å². The van der Waals surface area contributed by atoms with Gasteiger partial charge >= 0.3 is 0 Å². The van der Waals surface area contributed by atoms with Crippen molar-refractivity contribution in [3.05, 3.63) is 231 Å². The van der Waals surface area contributed by atoms with E-state index in [2.05, 4.69) is 168 Å². The van der Waals surface area contributed by atoms with Gasteiger partial charge < -0.3 is 4.57 Å². The third-order valence-corrected chi connectivity index (χ3v) is 12.0. The summed E-state index contributed by atoms with van der Waals surface area (Å²) >= 11 is 0. The molecule has 0 aliphatic heterocycles. The van der Waals surface area contributed by atoms with Gasteiger partial charge in [-0.3, -0.25) is 0 Å². The third kappa shape index (κ3) is 7.09. The molecule has 6 heteroatoms. The van der Waals surface area contributed by atoms with Crippen LogP contribution in [0.25, 0.3) is 117 Å². The highest BCUT2D eigenvalue weighted by Crippen LogP contribution is 2.39. The molecule has 0 spiro atoms. The first-order valence-corrected chi connectivity index (χ1v) is 21.7. The van der Waals surface area contributed by atoms with Crippen LogP contribution in [0.15, 0.2) is 231 Å². The Bertz CT molecular complexity index is 3640. The van der Waals surface area contributed by atoms with Crippen molar-refractivity contribution in [1.29, 1.82) is 0 Å². The minimum atomic E-state index is 0.611. The van der Waals surface area contributed by atoms with Crippen molar-refractivity contribution in [1.82, 2.24) is 29.5 Å². The molecule has 0 unspecified atom stereocenters. The predicted octanol–water partition coefficient (Wildman–Crippen LogP) is 14.6. The van der Waals surface area contributed by atoms with Crippen molar-refractivity contribution >= 4 is 32.6 Å². The molecule has 0 N–H and O–H groups in total. The molecule has 0 fully saturated rings. The van der Waals surface area contributed by atoms with E-state index < -0.39 is 0 Å². The van der Waals surface area contributed by atoms with E-state index in [4.69, 9.17) is 24.9 Å². The van der Waals surface area contributed by atoms with E-state index in [9.17, 15) is 0 Å². The molecule has 304 valence electrons. The molecule has 0 saturated carbocycles. The highest BCUT2D eigenvalue weighted by Gasteiger charge is 2.19. The molecule has 0 aliphatic carbocycles. The zero-order chi connectivity index (χ0) is 43.1. The second kappa shape index (κ2) is 16.1. The van der Waals surface area contributed by atoms with E-state index in [0.717, 1.165) is 72.6 Å². The summed E-state index contributed by atoms with van der Waals surface area (Å²) < 4.78 is 2.36. The van der Waals surface area contributed by atoms with Gasteiger partial charge in [0, 0.05) is 49.8 Å². The average Bonchev–Trinajstić information content (AvgIpc) is 3.74. The fourth-order valence-electron chi connectivity index (χ4n) is 8.90. The van der Waals surface area contributed by atoms with Crippen molar-refractivity contribution in [2.45, 2.75) is 0 Å². The van der Waals surface area contributed by atoms with Crippen LogP contribution in [-0.4, -0.2) is 29.5 Å². The smallest absolute Gasteiger partial charge is 0.164 e. The number of hydrogen-bond acceptors (Lipinski definition) is 5. The highest BCUT2D eigenvalue weighted by molar-refractivity contribution is 6.21. The monoisotopic (exact) mass is 830 g/mol. The summed E-state index contributed by atoms with van der Waals surface area (Å²) in [4.78, 5) is 25.5. The van der Waals surface area contributed by atoms with Gasteiger partial charge in [0.05, 0.1) is 22.4 Å². The summed E-state index contributed by atoms with van der Waals surface area (Å²) in [5.74, 6) is 2.53. The Kier molecular flexibility index (Phi) is 9.38. The molecule has 3 heterocycles. The van der Waals surface area contributed by atoms with Crippen LogP contribution in [0.2, 0.25) is 0 Å². The quantitative estimate of drug-likeness (QED) is 0.153. The molecule has 12 aromatic rings. The first-order valence-electron chi connectivity index (χ1n) is 21.7. The topological polar surface area (TPSA) is 69.4 Å². The van der Waals surface area contributed by atoms with Gasteiger partial charge in [-0.1, -0.05) is 188 Å². The summed E-state index contributed by atoms with van der Waals surface area (Å²) in [6.07, 6.45) is 0. The number of rotatable bonds is 8. The van der Waals surface area contributed by atoms with Crippen LogP contribution in [0.4, 0.5) is 0 Å². The van der Waals surface area contributed by atoms with E-state index in [1.807, 2.05) is 66.7 Å². The van der Waals surface area contributed by atoms with Crippen LogP contribution in [0.5, 0.6) is 0 Å². The van der Waals surface area contributed by atoms with E-state index >= 15 is 0 Å². The standard InChI is InChI=1S/C59H38N6/c1-5-18-40(19-6-1)51-38-52(61-58(60-51)47-31-33-50-54(37-47)65(48-28-11-4-12-29-48)53-34-32-39-17-13-14-30-49(39)55(50)53)45-26-15-24-43(35-45)44-25-16-27-46(36-44)59-63-56(41-20-7-2-8-21-41)62-57(64-59)42-22-9-3-10-23-42/h1-38H. The lowest BCUT2D eigenvalue weighted by Crippen LogP contribution is -2.00. The molecule has 3 aromatic heterocycles. The molecule has 12 rings (SSSR count). The van der Waals surface area contributed by atoms with Crippen LogP contribution in [0.1, 0.15) is 0 Å². The van der Waals surface area contributed by atoms with Gasteiger partial charge in [-0.15, -0.1) is 0 Å². The minimum absolute atomic E-state index is 0.611. The van der Waals surface area contributed by atoms with Crippen molar-refractivity contribution in [3.63, 3.8) is 0 Å². The fraction of sp³-hybridized carbons (Fsp3) is 0. The zero-order valence-corrected chi connectivity index (χ0v) is 35.1. The Balaban J connectivity index is 0.981. The summed E-state index contributed by atoms with van der Waals surface area (Å²) in [5.41, 5.74) is 12.8. The molecule has 0 radical (unpaired) electrons. The van der Waals surface area contributed by atoms with Crippen LogP contribution in [0, 0.1) is 0 Å². The first-order chi connectivity index (χ1) is 32.2. The number of benzene rings is 9. The third-order valence-electron chi connectivity index (χ3n) is 12.0. The molecular formula is C59H38N6. The maximum atomic E-state index is 5.34. The molecule has 0 saturated heterocycles. The fourth-order valence-corrected chi connectivity index (χ4v) is 8.90. The van der Waals surface area contributed by atoms with Gasteiger partial charge in [0.2, 0.25) is 0 Å². The van der Waals surface area contributed by atoms with Crippen LogP contribution >= 0.6 is 0 Å². The van der Waals surface area contributed by atoms with E-state index in [-0.39, 0.29) is 0 Å². The van der Waals surface area contributed by atoms with E-state index in [1.165, 1.54) is 21.5 Å². The number of fused-ring (bicyclic) bond motifs is 5. The molecule has 0 atom stereocenters. The lowest BCUT2D eigenvalue weighted by atomic mass is 9.99. The molecule has 0 bridgehead atoms. The number of nitrogens with zero attached hydrogens (tertiary/aromatic N) is 6. The lowest BCUT2D eigenvalue weighted by molar-refractivity contribution is 1.07. The van der Waals surface area contributed by atoms with Gasteiger partial charge in [-0.25, -0.2) is 24.9 Å². The van der Waals surface area contributed by atoms with Gasteiger partial charge in [0.1, 0.15) is 0 Å². The van der Waals surface area contributed by atoms with Crippen LogP contribution < -0.4 is 0 Å². The molecule has 6 nitrogen and oxygen atoms in total. The molecule has 0 aliphatic rings. The Morgan fingerprint density at radius 3 is 1.40 bits per heavy atom. The Morgan fingerprint density at radius 2 is 0.738 bits per heavy atom. The van der Waals surface area contributed by atoms with E-state index in [1.54, 1.807) is 0 Å². The lowest BCUT2D eigenvalue weighted by Gasteiger charge is -2.12. The Morgan fingerprint density at radius 1 is 0.262 bits per heavy atom. The second-order valence-electron chi connectivity index (χ2n) is 16.1. The molecular weight excluding hydrogens is 793 g/mol. The van der Waals surface area contributed by atoms with Gasteiger partial charge in [-0.05, 0) is 64.4 Å². The summed E-state index contributed by atoms with van der Waals surface area (Å²) in [7, 11) is 0. The zero-order valence-electron chi connectivity index (χ0n) is 35.1. The molecule has 0 amide bonds. The molecule has 65 heavy (non-hydrogen) atoms. The average molecular weight is 831 g/mol. The summed E-state index contributed by atoms with van der Waals surface area (Å²) in [5, 5.41) is 4.87. The summed E-state index contributed by atoms with van der Waals surface area (Å²) in [6.45, 7) is 0. The SMILES string of the molecule is c1ccc(-c2cc(-c3cccc(-c4cccc(-c5nc(-c6ccccc6)nc(-c6ccccc6)n5)c4)c3)nc(-c3ccc4c5c6ccccc6ccc5n(-c5ccccc5)c4c3)n2)cc1. The minimum Gasteiger partial charge on any atom is -0.309 e. The van der Waals surface area contributed by atoms with Gasteiger partial charge in [0.15, 0.2) is 23.3 Å². The second-order valence-corrected chi connectivity index (χ2v) is 16.1. The van der Waals surface area contributed by atoms with Crippen molar-refractivity contribution in [2.24, 2.45) is 0 Å². The summed E-state index contributed by atoms with van der Waals surface area (Å²) in [6, 6.07) is 79.9. The largest absolute Gasteiger partial charge is 0.309 e. The Hall–Kier alpha value is -8.87. The maximum Gasteiger partial charge on any atom is 0.164 e. The van der Waals surface area contributed by atoms with E-state index in [0.29, 0.717) is 23.3 Å². The van der Waals surface area contributed by atoms with Crippen LogP contribution in [0.3, 0.4) is 0 Å². The number of aromatic nitrogens is 6. The van der Waals surface area contributed by atoms with Crippen LogP contribution in [-0.2, 0) is 0 Å². The molecule has 9 aromatic carbocycles. The maximum absolute atomic E-state index is 5.34. The van der Waals surface area contributed by atoms with Crippen molar-refractivity contribution in [2.75, 3.05) is 0 Å². The predicted molar refractivity (Wildman–Crippen MR) is 265 cm³/mol. The normalized spacial score (nSPS) is 11.4. The number of hydrogen-bond donors (Lipinski definition) is 0.